The summed E-state index contributed by atoms with van der Waals surface area (Å²) in [6, 6.07) is 0. The van der Waals surface area contributed by atoms with Gasteiger partial charge in [0.05, 0.1) is 5.92 Å². The lowest BCUT2D eigenvalue weighted by atomic mass is 10.1. The number of nitrogens with zero attached hydrogens (tertiary/aromatic N) is 3. The number of rotatable bonds is 3. The largest absolute Gasteiger partial charge is 0.481 e. The molecule has 0 amide bonds. The normalized spacial score (nSPS) is 28.0. The van der Waals surface area contributed by atoms with Gasteiger partial charge in [0.1, 0.15) is 0 Å². The zero-order chi connectivity index (χ0) is 8.97. The van der Waals surface area contributed by atoms with Gasteiger partial charge in [-0.2, -0.15) is 0 Å². The van der Waals surface area contributed by atoms with Gasteiger partial charge in [-0.1, -0.05) is 5.11 Å². The van der Waals surface area contributed by atoms with E-state index < -0.39 is 5.97 Å². The summed E-state index contributed by atoms with van der Waals surface area (Å²) in [6.45, 7) is 0.445. The van der Waals surface area contributed by atoms with Crippen LogP contribution in [-0.4, -0.2) is 17.6 Å². The molecule has 0 heterocycles. The van der Waals surface area contributed by atoms with E-state index in [0.29, 0.717) is 13.0 Å². The fourth-order valence-electron chi connectivity index (χ4n) is 1.62. The molecule has 1 N–H and O–H groups in total. The molecular formula is C7H11N3O2. The van der Waals surface area contributed by atoms with Crippen LogP contribution in [0.1, 0.15) is 19.3 Å². The van der Waals surface area contributed by atoms with Gasteiger partial charge in [-0.05, 0) is 30.7 Å². The quantitative estimate of drug-likeness (QED) is 0.396. The summed E-state index contributed by atoms with van der Waals surface area (Å²) in [7, 11) is 0. The molecule has 0 aromatic rings. The fourth-order valence-corrected chi connectivity index (χ4v) is 1.62. The molecule has 0 unspecified atom stereocenters. The average molecular weight is 169 g/mol. The molecule has 5 nitrogen and oxygen atoms in total. The van der Waals surface area contributed by atoms with E-state index in [9.17, 15) is 4.79 Å². The summed E-state index contributed by atoms with van der Waals surface area (Å²) in [6.07, 6.45) is 2.26. The number of hydrogen-bond donors (Lipinski definition) is 1. The van der Waals surface area contributed by atoms with Gasteiger partial charge in [0, 0.05) is 11.5 Å². The summed E-state index contributed by atoms with van der Waals surface area (Å²) in [5.41, 5.74) is 8.04. The molecule has 0 aromatic carbocycles. The molecule has 0 saturated heterocycles. The van der Waals surface area contributed by atoms with Gasteiger partial charge in [0.25, 0.3) is 0 Å². The average Bonchev–Trinajstić information content (AvgIpc) is 2.48. The van der Waals surface area contributed by atoms with Crippen molar-refractivity contribution in [3.05, 3.63) is 10.4 Å². The van der Waals surface area contributed by atoms with E-state index in [2.05, 4.69) is 10.0 Å². The summed E-state index contributed by atoms with van der Waals surface area (Å²) in [5.74, 6) is -0.663. The van der Waals surface area contributed by atoms with E-state index in [-0.39, 0.29) is 11.8 Å². The number of carboxylic acids is 1. The highest BCUT2D eigenvalue weighted by atomic mass is 16.4. The van der Waals surface area contributed by atoms with Crippen molar-refractivity contribution in [3.8, 4) is 0 Å². The first-order valence-corrected chi connectivity index (χ1v) is 3.97. The van der Waals surface area contributed by atoms with Crippen molar-refractivity contribution in [2.45, 2.75) is 19.3 Å². The van der Waals surface area contributed by atoms with Crippen LogP contribution in [0.2, 0.25) is 0 Å². The lowest BCUT2D eigenvalue weighted by molar-refractivity contribution is -0.141. The van der Waals surface area contributed by atoms with Crippen molar-refractivity contribution in [1.82, 2.24) is 0 Å². The third kappa shape index (κ3) is 2.13. The van der Waals surface area contributed by atoms with Crippen molar-refractivity contribution in [1.29, 1.82) is 0 Å². The SMILES string of the molecule is [N-]=[N+]=NC[C@@H]1CC[C@H](C(=O)O)C1. The molecule has 0 radical (unpaired) electrons. The Morgan fingerprint density at radius 1 is 1.67 bits per heavy atom. The second-order valence-corrected chi connectivity index (χ2v) is 3.13. The number of aliphatic carboxylic acids is 1. The molecule has 0 spiro atoms. The highest BCUT2D eigenvalue weighted by Gasteiger charge is 2.28. The maximum Gasteiger partial charge on any atom is 0.306 e. The van der Waals surface area contributed by atoms with Crippen LogP contribution in [0.15, 0.2) is 5.11 Å². The molecular weight excluding hydrogens is 158 g/mol. The molecule has 5 heteroatoms. The van der Waals surface area contributed by atoms with Crippen molar-refractivity contribution < 1.29 is 9.90 Å². The van der Waals surface area contributed by atoms with Crippen LogP contribution in [-0.2, 0) is 4.79 Å². The molecule has 1 rings (SSSR count). The lowest BCUT2D eigenvalue weighted by Gasteiger charge is -2.03. The minimum atomic E-state index is -0.724. The zero-order valence-corrected chi connectivity index (χ0v) is 6.68. The minimum absolute atomic E-state index is 0.219. The molecule has 12 heavy (non-hydrogen) atoms. The smallest absolute Gasteiger partial charge is 0.306 e. The first-order valence-electron chi connectivity index (χ1n) is 3.97. The third-order valence-corrected chi connectivity index (χ3v) is 2.29. The summed E-state index contributed by atoms with van der Waals surface area (Å²) in [4.78, 5) is 13.2. The van der Waals surface area contributed by atoms with Gasteiger partial charge < -0.3 is 5.11 Å². The highest BCUT2D eigenvalue weighted by molar-refractivity contribution is 5.70. The van der Waals surface area contributed by atoms with E-state index in [0.717, 1.165) is 12.8 Å². The predicted molar refractivity (Wildman–Crippen MR) is 42.5 cm³/mol. The van der Waals surface area contributed by atoms with Gasteiger partial charge in [-0.25, -0.2) is 0 Å². The Hall–Kier alpha value is -1.22. The standard InChI is InChI=1S/C7H11N3O2/c8-10-9-4-5-1-2-6(3-5)7(11)12/h5-6H,1-4H2,(H,11,12)/t5-,6+/m1/s1. The Morgan fingerprint density at radius 3 is 2.92 bits per heavy atom. The summed E-state index contributed by atoms with van der Waals surface area (Å²) < 4.78 is 0. The van der Waals surface area contributed by atoms with E-state index in [1.54, 1.807) is 0 Å². The monoisotopic (exact) mass is 169 g/mol. The Labute approximate surface area is 70.0 Å². The number of hydrogen-bond acceptors (Lipinski definition) is 2. The number of carbonyl (C=O) groups is 1. The lowest BCUT2D eigenvalue weighted by Crippen LogP contribution is -2.10. The van der Waals surface area contributed by atoms with E-state index in [1.807, 2.05) is 0 Å². The van der Waals surface area contributed by atoms with Gasteiger partial charge in [-0.15, -0.1) is 0 Å². The topological polar surface area (TPSA) is 86.1 Å². The summed E-state index contributed by atoms with van der Waals surface area (Å²) in [5, 5.41) is 12.1. The maximum atomic E-state index is 10.5. The molecule has 66 valence electrons. The van der Waals surface area contributed by atoms with Crippen molar-refractivity contribution in [2.24, 2.45) is 17.0 Å². The second-order valence-electron chi connectivity index (χ2n) is 3.13. The van der Waals surface area contributed by atoms with E-state index in [1.165, 1.54) is 0 Å². The first kappa shape index (κ1) is 8.87. The van der Waals surface area contributed by atoms with Crippen LogP contribution < -0.4 is 0 Å². The molecule has 0 aliphatic heterocycles. The molecule has 1 fully saturated rings. The molecule has 1 saturated carbocycles. The number of azide groups is 1. The van der Waals surface area contributed by atoms with Gasteiger partial charge in [0.15, 0.2) is 0 Å². The first-order chi connectivity index (χ1) is 5.74. The fraction of sp³-hybridized carbons (Fsp3) is 0.857. The molecule has 1 aliphatic rings. The van der Waals surface area contributed by atoms with Crippen LogP contribution in [0, 0.1) is 11.8 Å². The molecule has 0 bridgehead atoms. The Kier molecular flexibility index (Phi) is 2.94. The van der Waals surface area contributed by atoms with Crippen LogP contribution in [0.5, 0.6) is 0 Å². The van der Waals surface area contributed by atoms with Gasteiger partial charge in [0.2, 0.25) is 0 Å². The van der Waals surface area contributed by atoms with Crippen LogP contribution >= 0.6 is 0 Å². The Morgan fingerprint density at radius 2 is 2.42 bits per heavy atom. The van der Waals surface area contributed by atoms with Gasteiger partial charge in [-0.3, -0.25) is 4.79 Å². The predicted octanol–water partition coefficient (Wildman–Crippen LogP) is 1.80. The highest BCUT2D eigenvalue weighted by Crippen LogP contribution is 2.30. The van der Waals surface area contributed by atoms with Gasteiger partial charge >= 0.3 is 5.97 Å². The molecule has 1 aliphatic carbocycles. The number of carboxylic acid groups (broad SMARTS) is 1. The molecule has 2 atom stereocenters. The third-order valence-electron chi connectivity index (χ3n) is 2.29. The van der Waals surface area contributed by atoms with Crippen LogP contribution in [0.4, 0.5) is 0 Å². The second kappa shape index (κ2) is 3.97. The van der Waals surface area contributed by atoms with Crippen LogP contribution in [0.3, 0.4) is 0 Å². The Bertz CT molecular complexity index is 223. The van der Waals surface area contributed by atoms with E-state index >= 15 is 0 Å². The minimum Gasteiger partial charge on any atom is -0.481 e. The molecule has 0 aromatic heterocycles. The summed E-state index contributed by atoms with van der Waals surface area (Å²) >= 11 is 0. The maximum absolute atomic E-state index is 10.5. The zero-order valence-electron chi connectivity index (χ0n) is 6.68. The Balaban J connectivity index is 2.35. The van der Waals surface area contributed by atoms with Crippen molar-refractivity contribution in [2.75, 3.05) is 6.54 Å². The van der Waals surface area contributed by atoms with E-state index in [4.69, 9.17) is 10.6 Å². The van der Waals surface area contributed by atoms with Crippen molar-refractivity contribution >= 4 is 5.97 Å². The van der Waals surface area contributed by atoms with Crippen LogP contribution in [0.25, 0.3) is 10.4 Å². The van der Waals surface area contributed by atoms with Crippen molar-refractivity contribution in [3.63, 3.8) is 0 Å².